The second-order valence-electron chi connectivity index (χ2n) is 6.94. The number of halogens is 5. The van der Waals surface area contributed by atoms with Crippen molar-refractivity contribution in [2.24, 2.45) is 5.92 Å². The van der Waals surface area contributed by atoms with E-state index >= 15 is 0 Å². The van der Waals surface area contributed by atoms with Crippen molar-refractivity contribution < 1.29 is 36.2 Å². The molecular weight excluding hydrogens is 407 g/mol. The number of ether oxygens (including phenoxy) is 3. The van der Waals surface area contributed by atoms with Gasteiger partial charge in [-0.05, 0) is 30.2 Å². The van der Waals surface area contributed by atoms with E-state index in [-0.39, 0.29) is 11.1 Å². The zero-order valence-corrected chi connectivity index (χ0v) is 16.2. The molecule has 8 heteroatoms. The average molecular weight is 428 g/mol. The predicted molar refractivity (Wildman–Crippen MR) is 101 cm³/mol. The number of benzene rings is 2. The van der Waals surface area contributed by atoms with Gasteiger partial charge in [-0.1, -0.05) is 25.5 Å². The topological polar surface area (TPSA) is 27.7 Å². The third-order valence-electron chi connectivity index (χ3n) is 4.65. The maximum absolute atomic E-state index is 14.7. The molecule has 30 heavy (non-hydrogen) atoms. The Morgan fingerprint density at radius 1 is 1.03 bits per heavy atom. The van der Waals surface area contributed by atoms with Crippen LogP contribution in [0.5, 0.6) is 5.75 Å². The van der Waals surface area contributed by atoms with Crippen LogP contribution in [0.25, 0.3) is 11.1 Å². The van der Waals surface area contributed by atoms with Gasteiger partial charge in [0.05, 0.1) is 19.5 Å². The van der Waals surface area contributed by atoms with Gasteiger partial charge in [0, 0.05) is 23.1 Å². The molecule has 162 valence electrons. The lowest BCUT2D eigenvalue weighted by Crippen LogP contribution is -2.27. The minimum atomic E-state index is -2.82. The van der Waals surface area contributed by atoms with Crippen molar-refractivity contribution in [3.8, 4) is 16.9 Å². The summed E-state index contributed by atoms with van der Waals surface area (Å²) in [6, 6.07) is 5.88. The minimum Gasteiger partial charge on any atom is -0.459 e. The summed E-state index contributed by atoms with van der Waals surface area (Å²) < 4.78 is 83.1. The molecule has 0 N–H and O–H groups in total. The highest BCUT2D eigenvalue weighted by molar-refractivity contribution is 5.66. The summed E-state index contributed by atoms with van der Waals surface area (Å²) in [5, 5.41) is 0. The molecule has 2 aromatic carbocycles. The third kappa shape index (κ3) is 5.37. The molecule has 0 aromatic heterocycles. The van der Waals surface area contributed by atoms with Gasteiger partial charge in [-0.2, -0.15) is 0 Å². The number of hydrogen-bond donors (Lipinski definition) is 0. The van der Waals surface area contributed by atoms with Crippen molar-refractivity contribution in [1.82, 2.24) is 0 Å². The van der Waals surface area contributed by atoms with E-state index in [9.17, 15) is 22.0 Å². The summed E-state index contributed by atoms with van der Waals surface area (Å²) in [6.07, 6.45) is -0.689. The fraction of sp³-hybridized carbons (Fsp3) is 0.364. The van der Waals surface area contributed by atoms with Crippen LogP contribution in [0, 0.1) is 23.4 Å². The smallest absolute Gasteiger partial charge is 0.260 e. The van der Waals surface area contributed by atoms with Gasteiger partial charge in [0.2, 0.25) is 0 Å². The molecule has 0 amide bonds. The zero-order chi connectivity index (χ0) is 21.7. The molecule has 3 rings (SSSR count). The molecule has 1 aliphatic heterocycles. The van der Waals surface area contributed by atoms with Crippen LogP contribution in [0.3, 0.4) is 0 Å². The van der Waals surface area contributed by atoms with Gasteiger partial charge in [0.15, 0.2) is 23.7 Å². The summed E-state index contributed by atoms with van der Waals surface area (Å²) in [7, 11) is 0. The third-order valence-corrected chi connectivity index (χ3v) is 4.65. The molecule has 0 aliphatic carbocycles. The number of allylic oxidation sites excluding steroid dienone is 1. The molecule has 1 aliphatic rings. The fourth-order valence-corrected chi connectivity index (χ4v) is 3.22. The highest BCUT2D eigenvalue weighted by Crippen LogP contribution is 2.33. The molecule has 0 saturated carbocycles. The average Bonchev–Trinajstić information content (AvgIpc) is 2.70. The van der Waals surface area contributed by atoms with Crippen LogP contribution in [0.4, 0.5) is 22.0 Å². The quantitative estimate of drug-likeness (QED) is 0.378. The lowest BCUT2D eigenvalue weighted by molar-refractivity contribution is -0.206. The molecule has 3 nitrogen and oxygen atoms in total. The van der Waals surface area contributed by atoms with E-state index in [0.29, 0.717) is 37.0 Å². The Morgan fingerprint density at radius 2 is 1.70 bits per heavy atom. The standard InChI is InChI=1S/C22H21F5O3/c1-2-3-13-11-29-22(30-12-13)14-4-5-16(17(23)8-14)15-9-18(24)21(19(25)10-15)28-7-6-20(26)27/h4-10,13,20,22H,2-3,11-12H2,1H3/b7-6+. The Bertz CT molecular complexity index is 869. The van der Waals surface area contributed by atoms with Gasteiger partial charge >= 0.3 is 0 Å². The molecule has 0 radical (unpaired) electrons. The second-order valence-corrected chi connectivity index (χ2v) is 6.94. The van der Waals surface area contributed by atoms with Crippen molar-refractivity contribution >= 4 is 0 Å². The minimum absolute atomic E-state index is 0.0362. The first-order chi connectivity index (χ1) is 14.4. The summed E-state index contributed by atoms with van der Waals surface area (Å²) >= 11 is 0. The van der Waals surface area contributed by atoms with Crippen molar-refractivity contribution in [1.29, 1.82) is 0 Å². The summed E-state index contributed by atoms with van der Waals surface area (Å²) in [6.45, 7) is 3.10. The Hall–Kier alpha value is -2.45. The van der Waals surface area contributed by atoms with E-state index in [1.807, 2.05) is 0 Å². The van der Waals surface area contributed by atoms with Gasteiger partial charge in [0.25, 0.3) is 6.43 Å². The molecule has 1 saturated heterocycles. The molecule has 0 unspecified atom stereocenters. The monoisotopic (exact) mass is 428 g/mol. The zero-order valence-electron chi connectivity index (χ0n) is 16.2. The van der Waals surface area contributed by atoms with Crippen molar-refractivity contribution in [3.05, 3.63) is 65.7 Å². The van der Waals surface area contributed by atoms with Crippen LogP contribution in [0.2, 0.25) is 0 Å². The molecule has 1 fully saturated rings. The van der Waals surface area contributed by atoms with E-state index < -0.39 is 35.9 Å². The van der Waals surface area contributed by atoms with Crippen LogP contribution in [-0.2, 0) is 9.47 Å². The second kappa shape index (κ2) is 10.0. The van der Waals surface area contributed by atoms with Crippen molar-refractivity contribution in [2.45, 2.75) is 32.5 Å². The summed E-state index contributed by atoms with van der Waals surface area (Å²) in [4.78, 5) is 0. The lowest BCUT2D eigenvalue weighted by atomic mass is 10.0. The number of alkyl halides is 2. The van der Waals surface area contributed by atoms with Crippen LogP contribution in [0.1, 0.15) is 31.6 Å². The highest BCUT2D eigenvalue weighted by Gasteiger charge is 2.24. The summed E-state index contributed by atoms with van der Waals surface area (Å²) in [5.41, 5.74) is 0.364. The number of rotatable bonds is 7. The van der Waals surface area contributed by atoms with Crippen LogP contribution in [-0.4, -0.2) is 19.6 Å². The Balaban J connectivity index is 1.77. The first-order valence-corrected chi connectivity index (χ1v) is 9.52. The molecule has 2 aromatic rings. The van der Waals surface area contributed by atoms with E-state index in [1.54, 1.807) is 6.07 Å². The Kier molecular flexibility index (Phi) is 7.44. The molecule has 0 atom stereocenters. The SMILES string of the molecule is CCCC1COC(c2ccc(-c3cc(F)c(O/C=C/C(F)F)c(F)c3)c(F)c2)OC1. The summed E-state index contributed by atoms with van der Waals surface area (Å²) in [5.74, 6) is -3.54. The molecule has 0 spiro atoms. The normalized spacial score (nSPS) is 19.6. The number of hydrogen-bond acceptors (Lipinski definition) is 3. The fourth-order valence-electron chi connectivity index (χ4n) is 3.22. The van der Waals surface area contributed by atoms with Crippen LogP contribution >= 0.6 is 0 Å². The lowest BCUT2D eigenvalue weighted by Gasteiger charge is -2.29. The van der Waals surface area contributed by atoms with Gasteiger partial charge in [-0.15, -0.1) is 0 Å². The van der Waals surface area contributed by atoms with E-state index in [4.69, 9.17) is 9.47 Å². The van der Waals surface area contributed by atoms with Gasteiger partial charge in [-0.3, -0.25) is 0 Å². The molecule has 0 bridgehead atoms. The first kappa shape index (κ1) is 22.2. The van der Waals surface area contributed by atoms with Crippen LogP contribution < -0.4 is 4.74 Å². The predicted octanol–water partition coefficient (Wildman–Crippen LogP) is 6.39. The van der Waals surface area contributed by atoms with Crippen molar-refractivity contribution in [2.75, 3.05) is 13.2 Å². The van der Waals surface area contributed by atoms with E-state index in [1.165, 1.54) is 12.1 Å². The van der Waals surface area contributed by atoms with Crippen LogP contribution in [0.15, 0.2) is 42.7 Å². The van der Waals surface area contributed by atoms with Crippen molar-refractivity contribution in [3.63, 3.8) is 0 Å². The first-order valence-electron chi connectivity index (χ1n) is 9.52. The van der Waals surface area contributed by atoms with E-state index in [0.717, 1.165) is 25.0 Å². The van der Waals surface area contributed by atoms with E-state index in [2.05, 4.69) is 11.7 Å². The Labute approximate surface area is 171 Å². The maximum Gasteiger partial charge on any atom is 0.260 e. The largest absolute Gasteiger partial charge is 0.459 e. The van der Waals surface area contributed by atoms with Gasteiger partial charge < -0.3 is 14.2 Å². The Morgan fingerprint density at radius 3 is 2.27 bits per heavy atom. The van der Waals surface area contributed by atoms with Gasteiger partial charge in [0.1, 0.15) is 5.82 Å². The highest BCUT2D eigenvalue weighted by atomic mass is 19.3. The van der Waals surface area contributed by atoms with Gasteiger partial charge in [-0.25, -0.2) is 22.0 Å². The maximum atomic E-state index is 14.7. The molecular formula is C22H21F5O3. The molecule has 1 heterocycles.